The molecule has 0 amide bonds. The minimum atomic E-state index is 0.637. The van der Waals surface area contributed by atoms with Crippen LogP contribution in [-0.4, -0.2) is 29.1 Å². The van der Waals surface area contributed by atoms with E-state index in [1.165, 1.54) is 257 Å². The number of rotatable bonds is 40. The van der Waals surface area contributed by atoms with E-state index < -0.39 is 0 Å². The summed E-state index contributed by atoms with van der Waals surface area (Å²) in [6.07, 6.45) is 60.4. The Bertz CT molecular complexity index is 630. The fourth-order valence-corrected chi connectivity index (χ4v) is 7.95. The van der Waals surface area contributed by atoms with E-state index in [-0.39, 0.29) is 0 Å². The van der Waals surface area contributed by atoms with E-state index >= 15 is 0 Å². The summed E-state index contributed by atoms with van der Waals surface area (Å²) in [5.41, 5.74) is 0. The number of unbranched alkanes of at least 4 members (excludes halogenated alkanes) is 34. The highest BCUT2D eigenvalue weighted by molar-refractivity contribution is 4.97. The Kier molecular flexibility index (Phi) is 35.5. The van der Waals surface area contributed by atoms with Crippen LogP contribution in [0.15, 0.2) is 12.4 Å². The van der Waals surface area contributed by atoms with Crippen molar-refractivity contribution >= 4 is 0 Å². The maximum absolute atomic E-state index is 2.73. The van der Waals surface area contributed by atoms with Gasteiger partial charge in [0.05, 0.1) is 0 Å². The zero-order valence-electron chi connectivity index (χ0n) is 33.9. The summed E-state index contributed by atoms with van der Waals surface area (Å²) >= 11 is 0. The van der Waals surface area contributed by atoms with E-state index in [2.05, 4.69) is 43.0 Å². The number of nitrogens with zero attached hydrogens (tertiary/aromatic N) is 2. The van der Waals surface area contributed by atoms with Crippen molar-refractivity contribution in [1.29, 1.82) is 0 Å². The van der Waals surface area contributed by atoms with Crippen LogP contribution in [0.3, 0.4) is 0 Å². The van der Waals surface area contributed by atoms with Crippen molar-refractivity contribution in [3.05, 3.63) is 12.4 Å². The number of hydrogen-bond donors (Lipinski definition) is 0. The average Bonchev–Trinajstić information content (AvgIpc) is 3.48. The summed E-state index contributed by atoms with van der Waals surface area (Å²) in [6.45, 7) is 9.49. The van der Waals surface area contributed by atoms with E-state index in [9.17, 15) is 0 Å². The molecule has 0 bridgehead atoms. The molecule has 1 aliphatic heterocycles. The lowest BCUT2D eigenvalue weighted by Gasteiger charge is -2.33. The fourth-order valence-electron chi connectivity index (χ4n) is 7.95. The van der Waals surface area contributed by atoms with Crippen molar-refractivity contribution in [1.82, 2.24) is 9.80 Å². The summed E-state index contributed by atoms with van der Waals surface area (Å²) in [5.74, 6) is 0. The molecule has 1 atom stereocenters. The Labute approximate surface area is 305 Å². The highest BCUT2D eigenvalue weighted by atomic mass is 15.4. The quantitative estimate of drug-likeness (QED) is 0.0598. The van der Waals surface area contributed by atoms with Gasteiger partial charge in [-0.25, -0.2) is 0 Å². The van der Waals surface area contributed by atoms with Crippen LogP contribution in [0.4, 0.5) is 0 Å². The van der Waals surface area contributed by atoms with Crippen molar-refractivity contribution in [3.63, 3.8) is 0 Å². The minimum absolute atomic E-state index is 0.637. The lowest BCUT2D eigenvalue weighted by atomic mass is 10.0. The summed E-state index contributed by atoms with van der Waals surface area (Å²) < 4.78 is 0. The molecule has 0 radical (unpaired) electrons. The highest BCUT2D eigenvalue weighted by Gasteiger charge is 2.24. The molecule has 1 unspecified atom stereocenters. The van der Waals surface area contributed by atoms with Gasteiger partial charge in [-0.05, 0) is 25.7 Å². The van der Waals surface area contributed by atoms with Gasteiger partial charge in [-0.1, -0.05) is 239 Å². The third kappa shape index (κ3) is 29.1. The van der Waals surface area contributed by atoms with Gasteiger partial charge in [0.25, 0.3) is 0 Å². The van der Waals surface area contributed by atoms with Gasteiger partial charge in [-0.3, -0.25) is 0 Å². The van der Waals surface area contributed by atoms with Crippen LogP contribution >= 0.6 is 0 Å². The molecule has 0 aromatic heterocycles. The first-order valence-corrected chi connectivity index (χ1v) is 23.0. The molecule has 0 aliphatic carbocycles. The largest absolute Gasteiger partial charge is 0.356 e. The second-order valence-electron chi connectivity index (χ2n) is 16.1. The molecule has 286 valence electrons. The smallest absolute Gasteiger partial charge is 0.101 e. The Morgan fingerprint density at radius 3 is 0.729 bits per heavy atom. The van der Waals surface area contributed by atoms with E-state index in [1.807, 2.05) is 0 Å². The maximum atomic E-state index is 2.73. The van der Waals surface area contributed by atoms with Crippen LogP contribution in [0.2, 0.25) is 0 Å². The average molecular weight is 673 g/mol. The fraction of sp³-hybridized carbons (Fsp3) is 0.957. The van der Waals surface area contributed by atoms with E-state index in [4.69, 9.17) is 0 Å². The van der Waals surface area contributed by atoms with Crippen molar-refractivity contribution < 1.29 is 0 Å². The minimum Gasteiger partial charge on any atom is -0.356 e. The normalized spacial score (nSPS) is 14.6. The summed E-state index contributed by atoms with van der Waals surface area (Å²) in [4.78, 5) is 5.46. The molecular weight excluding hydrogens is 581 g/mol. The third-order valence-electron chi connectivity index (χ3n) is 11.3. The zero-order chi connectivity index (χ0) is 34.4. The molecule has 0 saturated heterocycles. The monoisotopic (exact) mass is 673 g/mol. The van der Waals surface area contributed by atoms with E-state index in [0.717, 1.165) is 0 Å². The van der Waals surface area contributed by atoms with Gasteiger partial charge in [0.2, 0.25) is 0 Å². The van der Waals surface area contributed by atoms with Crippen molar-refractivity contribution in [2.75, 3.05) is 13.1 Å². The molecule has 1 heterocycles. The van der Waals surface area contributed by atoms with Crippen LogP contribution in [0.25, 0.3) is 0 Å². The predicted octanol–water partition coefficient (Wildman–Crippen LogP) is 16.3. The second kappa shape index (κ2) is 37.6. The van der Waals surface area contributed by atoms with Crippen molar-refractivity contribution in [3.8, 4) is 0 Å². The topological polar surface area (TPSA) is 6.48 Å². The van der Waals surface area contributed by atoms with Gasteiger partial charge in [0.1, 0.15) is 6.17 Å². The first-order valence-electron chi connectivity index (χ1n) is 23.0. The Morgan fingerprint density at radius 2 is 0.479 bits per heavy atom. The second-order valence-corrected chi connectivity index (χ2v) is 16.1. The molecule has 1 rings (SSSR count). The predicted molar refractivity (Wildman–Crippen MR) is 219 cm³/mol. The molecule has 0 N–H and O–H groups in total. The highest BCUT2D eigenvalue weighted by Crippen LogP contribution is 2.24. The molecular formula is C46H92N2. The van der Waals surface area contributed by atoms with E-state index in [0.29, 0.717) is 6.17 Å². The summed E-state index contributed by atoms with van der Waals surface area (Å²) in [7, 11) is 0. The van der Waals surface area contributed by atoms with Crippen LogP contribution in [0.1, 0.15) is 265 Å². The van der Waals surface area contributed by atoms with Gasteiger partial charge >= 0.3 is 0 Å². The first-order chi connectivity index (χ1) is 23.8. The molecule has 0 aromatic carbocycles. The van der Waals surface area contributed by atoms with Crippen LogP contribution in [-0.2, 0) is 0 Å². The molecule has 0 fully saturated rings. The Hall–Kier alpha value is -0.660. The third-order valence-corrected chi connectivity index (χ3v) is 11.3. The molecule has 0 aromatic rings. The lowest BCUT2D eigenvalue weighted by Crippen LogP contribution is -2.39. The number of hydrogen-bond acceptors (Lipinski definition) is 2. The van der Waals surface area contributed by atoms with Gasteiger partial charge in [0, 0.05) is 25.5 Å². The standard InChI is InChI=1S/C46H92N2/c1-4-7-10-13-16-19-22-23-24-25-28-31-34-37-40-43-48-45-44-47(42-39-36-33-30-27-21-18-15-12-9-6-3)46(48)41-38-35-32-29-26-20-17-14-11-8-5-2/h44-46H,4-43H2,1-3H3. The molecule has 48 heavy (non-hydrogen) atoms. The molecule has 0 spiro atoms. The SMILES string of the molecule is CCCCCCCCCCCCCCCCCN1C=CN(CCCCCCCCCCCCC)C1CCCCCCCCCCCCC. The van der Waals surface area contributed by atoms with Crippen molar-refractivity contribution in [2.24, 2.45) is 0 Å². The van der Waals surface area contributed by atoms with Crippen molar-refractivity contribution in [2.45, 2.75) is 271 Å². The Morgan fingerprint density at radius 1 is 0.271 bits per heavy atom. The molecule has 2 nitrogen and oxygen atoms in total. The van der Waals surface area contributed by atoms with Crippen LogP contribution in [0.5, 0.6) is 0 Å². The maximum Gasteiger partial charge on any atom is 0.101 e. The lowest BCUT2D eigenvalue weighted by molar-refractivity contribution is 0.135. The molecule has 2 heteroatoms. The summed E-state index contributed by atoms with van der Waals surface area (Å²) in [5, 5.41) is 0. The van der Waals surface area contributed by atoms with Crippen LogP contribution in [0, 0.1) is 0 Å². The zero-order valence-corrected chi connectivity index (χ0v) is 33.9. The van der Waals surface area contributed by atoms with Gasteiger partial charge in [-0.2, -0.15) is 0 Å². The van der Waals surface area contributed by atoms with Crippen LogP contribution < -0.4 is 0 Å². The van der Waals surface area contributed by atoms with Gasteiger partial charge in [-0.15, -0.1) is 0 Å². The first kappa shape index (κ1) is 45.4. The molecule has 0 saturated carbocycles. The molecule has 1 aliphatic rings. The van der Waals surface area contributed by atoms with E-state index in [1.54, 1.807) is 0 Å². The summed E-state index contributed by atoms with van der Waals surface area (Å²) in [6, 6.07) is 0. The van der Waals surface area contributed by atoms with Gasteiger partial charge < -0.3 is 9.80 Å². The Balaban J connectivity index is 2.20. The van der Waals surface area contributed by atoms with Gasteiger partial charge in [0.15, 0.2) is 0 Å².